The van der Waals surface area contributed by atoms with Crippen molar-refractivity contribution in [2.24, 2.45) is 0 Å². The van der Waals surface area contributed by atoms with Crippen molar-refractivity contribution in [1.29, 1.82) is 0 Å². The van der Waals surface area contributed by atoms with Crippen LogP contribution in [0.25, 0.3) is 22.6 Å². The molecule has 1 heterocycles. The highest BCUT2D eigenvalue weighted by Gasteiger charge is 2.11. The fraction of sp³-hybridized carbons (Fsp3) is 0.333. The van der Waals surface area contributed by atoms with Crippen LogP contribution in [-0.2, 0) is 4.79 Å². The van der Waals surface area contributed by atoms with Gasteiger partial charge in [0.2, 0.25) is 11.8 Å². The van der Waals surface area contributed by atoms with Gasteiger partial charge in [-0.15, -0.1) is 0 Å². The molecule has 2 aromatic carbocycles. The van der Waals surface area contributed by atoms with Gasteiger partial charge in [0.1, 0.15) is 5.52 Å². The number of rotatable bonds is 6. The number of oxazole rings is 1. The molecule has 0 saturated heterocycles. The van der Waals surface area contributed by atoms with Crippen molar-refractivity contribution in [2.75, 3.05) is 5.32 Å². The van der Waals surface area contributed by atoms with Crippen molar-refractivity contribution in [2.45, 2.75) is 46.0 Å². The van der Waals surface area contributed by atoms with Crippen LogP contribution in [-0.4, -0.2) is 10.9 Å². The van der Waals surface area contributed by atoms with Crippen molar-refractivity contribution in [1.82, 2.24) is 4.98 Å². The normalized spacial score (nSPS) is 12.3. The SMILES string of the molecule is CCCC(=O)Nc1ccc(-c2nc3cc([C@@H](C)CC)ccc3o2)cc1. The lowest BCUT2D eigenvalue weighted by Gasteiger charge is -2.07. The highest BCUT2D eigenvalue weighted by molar-refractivity contribution is 5.90. The molecule has 3 aromatic rings. The van der Waals surface area contributed by atoms with Gasteiger partial charge < -0.3 is 9.73 Å². The fourth-order valence-electron chi connectivity index (χ4n) is 2.76. The highest BCUT2D eigenvalue weighted by Crippen LogP contribution is 2.28. The summed E-state index contributed by atoms with van der Waals surface area (Å²) in [5.74, 6) is 1.15. The summed E-state index contributed by atoms with van der Waals surface area (Å²) in [6.45, 7) is 6.39. The zero-order chi connectivity index (χ0) is 17.8. The Kier molecular flexibility index (Phi) is 5.17. The van der Waals surface area contributed by atoms with E-state index in [4.69, 9.17) is 4.42 Å². The van der Waals surface area contributed by atoms with Crippen molar-refractivity contribution in [3.63, 3.8) is 0 Å². The quantitative estimate of drug-likeness (QED) is 0.624. The third-order valence-electron chi connectivity index (χ3n) is 4.49. The molecule has 25 heavy (non-hydrogen) atoms. The van der Waals surface area contributed by atoms with Crippen LogP contribution in [0.5, 0.6) is 0 Å². The Bertz CT molecular complexity index is 865. The highest BCUT2D eigenvalue weighted by atomic mass is 16.3. The summed E-state index contributed by atoms with van der Waals surface area (Å²) in [5.41, 5.74) is 4.64. The second-order valence-electron chi connectivity index (χ2n) is 6.43. The molecule has 1 amide bonds. The molecule has 0 aliphatic rings. The minimum atomic E-state index is 0.0367. The van der Waals surface area contributed by atoms with Crippen LogP contribution in [0.3, 0.4) is 0 Å². The maximum atomic E-state index is 11.7. The van der Waals surface area contributed by atoms with Gasteiger partial charge in [0.25, 0.3) is 0 Å². The molecule has 0 aliphatic heterocycles. The molecule has 1 N–H and O–H groups in total. The Morgan fingerprint density at radius 1 is 1.16 bits per heavy atom. The number of anilines is 1. The van der Waals surface area contributed by atoms with Gasteiger partial charge in [0.15, 0.2) is 5.58 Å². The molecular weight excluding hydrogens is 312 g/mol. The van der Waals surface area contributed by atoms with Gasteiger partial charge in [-0.05, 0) is 60.7 Å². The number of aromatic nitrogens is 1. The molecule has 0 spiro atoms. The van der Waals surface area contributed by atoms with E-state index in [0.29, 0.717) is 18.2 Å². The number of fused-ring (bicyclic) bond motifs is 1. The Hall–Kier alpha value is -2.62. The molecule has 4 nitrogen and oxygen atoms in total. The second kappa shape index (κ2) is 7.51. The van der Waals surface area contributed by atoms with Gasteiger partial charge in [-0.1, -0.05) is 26.8 Å². The summed E-state index contributed by atoms with van der Waals surface area (Å²) in [6, 6.07) is 13.8. The van der Waals surface area contributed by atoms with Gasteiger partial charge in [-0.2, -0.15) is 0 Å². The number of nitrogens with zero attached hydrogens (tertiary/aromatic N) is 1. The van der Waals surface area contributed by atoms with Crippen molar-refractivity contribution < 1.29 is 9.21 Å². The second-order valence-corrected chi connectivity index (χ2v) is 6.43. The molecule has 1 aromatic heterocycles. The molecule has 0 saturated carbocycles. The predicted molar refractivity (Wildman–Crippen MR) is 102 cm³/mol. The van der Waals surface area contributed by atoms with E-state index in [9.17, 15) is 4.79 Å². The van der Waals surface area contributed by atoms with E-state index in [1.165, 1.54) is 5.56 Å². The van der Waals surface area contributed by atoms with E-state index < -0.39 is 0 Å². The Balaban J connectivity index is 1.82. The number of carbonyl (C=O) groups is 1. The number of carbonyl (C=O) groups excluding carboxylic acids is 1. The third-order valence-corrected chi connectivity index (χ3v) is 4.49. The third kappa shape index (κ3) is 3.90. The molecule has 3 rings (SSSR count). The summed E-state index contributed by atoms with van der Waals surface area (Å²) < 4.78 is 5.88. The summed E-state index contributed by atoms with van der Waals surface area (Å²) in [7, 11) is 0. The molecule has 0 bridgehead atoms. The zero-order valence-corrected chi connectivity index (χ0v) is 15.0. The van der Waals surface area contributed by atoms with E-state index >= 15 is 0 Å². The standard InChI is InChI=1S/C21H24N2O2/c1-4-6-20(24)22-17-10-7-15(8-11-17)21-23-18-13-16(14(3)5-2)9-12-19(18)25-21/h7-14H,4-6H2,1-3H3,(H,22,24)/t14-/m0/s1. The monoisotopic (exact) mass is 336 g/mol. The Morgan fingerprint density at radius 2 is 1.92 bits per heavy atom. The Morgan fingerprint density at radius 3 is 2.60 bits per heavy atom. The summed E-state index contributed by atoms with van der Waals surface area (Å²) >= 11 is 0. The first-order valence-electron chi connectivity index (χ1n) is 8.91. The summed E-state index contributed by atoms with van der Waals surface area (Å²) in [4.78, 5) is 16.3. The van der Waals surface area contributed by atoms with Crippen LogP contribution in [0.1, 0.15) is 51.5 Å². The molecule has 0 aliphatic carbocycles. The van der Waals surface area contributed by atoms with E-state index in [1.807, 2.05) is 37.3 Å². The largest absolute Gasteiger partial charge is 0.436 e. The number of hydrogen-bond donors (Lipinski definition) is 1. The first-order chi connectivity index (χ1) is 12.1. The van der Waals surface area contributed by atoms with Gasteiger partial charge in [0, 0.05) is 17.7 Å². The van der Waals surface area contributed by atoms with Crippen LogP contribution in [0, 0.1) is 0 Å². The lowest BCUT2D eigenvalue weighted by molar-refractivity contribution is -0.116. The topological polar surface area (TPSA) is 55.1 Å². The molecule has 0 unspecified atom stereocenters. The number of nitrogens with one attached hydrogen (secondary N) is 1. The van der Waals surface area contributed by atoms with E-state index in [-0.39, 0.29) is 5.91 Å². The molecule has 0 fully saturated rings. The molecule has 1 atom stereocenters. The van der Waals surface area contributed by atoms with Crippen molar-refractivity contribution >= 4 is 22.7 Å². The average Bonchev–Trinajstić information content (AvgIpc) is 3.05. The molecular formula is C21H24N2O2. The summed E-state index contributed by atoms with van der Waals surface area (Å²) in [6.07, 6.45) is 2.47. The fourth-order valence-corrected chi connectivity index (χ4v) is 2.76. The van der Waals surface area contributed by atoms with Crippen LogP contribution >= 0.6 is 0 Å². The molecule has 4 heteroatoms. The van der Waals surface area contributed by atoms with E-state index in [2.05, 4.69) is 36.3 Å². The lowest BCUT2D eigenvalue weighted by Crippen LogP contribution is -2.10. The van der Waals surface area contributed by atoms with Gasteiger partial charge in [-0.25, -0.2) is 4.98 Å². The lowest BCUT2D eigenvalue weighted by atomic mass is 9.98. The van der Waals surface area contributed by atoms with Crippen LogP contribution in [0.2, 0.25) is 0 Å². The first-order valence-corrected chi connectivity index (χ1v) is 8.91. The minimum absolute atomic E-state index is 0.0367. The zero-order valence-electron chi connectivity index (χ0n) is 15.0. The molecule has 0 radical (unpaired) electrons. The van der Waals surface area contributed by atoms with Crippen LogP contribution in [0.4, 0.5) is 5.69 Å². The number of benzene rings is 2. The van der Waals surface area contributed by atoms with Gasteiger partial charge >= 0.3 is 0 Å². The van der Waals surface area contributed by atoms with Crippen molar-refractivity contribution in [3.05, 3.63) is 48.0 Å². The smallest absolute Gasteiger partial charge is 0.227 e. The molecule has 130 valence electrons. The van der Waals surface area contributed by atoms with Crippen LogP contribution in [0.15, 0.2) is 46.9 Å². The average molecular weight is 336 g/mol. The minimum Gasteiger partial charge on any atom is -0.436 e. The van der Waals surface area contributed by atoms with Crippen molar-refractivity contribution in [3.8, 4) is 11.5 Å². The van der Waals surface area contributed by atoms with E-state index in [1.54, 1.807) is 0 Å². The number of amides is 1. The predicted octanol–water partition coefficient (Wildman–Crippen LogP) is 5.75. The van der Waals surface area contributed by atoms with E-state index in [0.717, 1.165) is 35.2 Å². The maximum absolute atomic E-state index is 11.7. The summed E-state index contributed by atoms with van der Waals surface area (Å²) in [5, 5.41) is 2.88. The number of hydrogen-bond acceptors (Lipinski definition) is 3. The van der Waals surface area contributed by atoms with Gasteiger partial charge in [0.05, 0.1) is 0 Å². The first kappa shape index (κ1) is 17.2. The van der Waals surface area contributed by atoms with Crippen LogP contribution < -0.4 is 5.32 Å². The maximum Gasteiger partial charge on any atom is 0.227 e. The van der Waals surface area contributed by atoms with Gasteiger partial charge in [-0.3, -0.25) is 4.79 Å². The Labute approximate surface area is 148 Å².